The van der Waals surface area contributed by atoms with Crippen molar-refractivity contribution in [1.82, 2.24) is 25.5 Å². The second kappa shape index (κ2) is 4.93. The predicted molar refractivity (Wildman–Crippen MR) is 69.1 cm³/mol. The Balaban J connectivity index is 2.53. The molecule has 0 aliphatic carbocycles. The van der Waals surface area contributed by atoms with Gasteiger partial charge < -0.3 is 5.32 Å². The van der Waals surface area contributed by atoms with Gasteiger partial charge in [0.15, 0.2) is 5.82 Å². The Kier molecular flexibility index (Phi) is 3.54. The Labute approximate surface area is 108 Å². The Bertz CT molecular complexity index is 522. The molecule has 1 aromatic carbocycles. The minimum atomic E-state index is 0.0948. The molecule has 0 radical (unpaired) electrons. The molecular formula is C11H14BrN5. The second-order valence-electron chi connectivity index (χ2n) is 3.91. The Morgan fingerprint density at radius 1 is 1.41 bits per heavy atom. The number of tetrazole rings is 1. The summed E-state index contributed by atoms with van der Waals surface area (Å²) in [5.74, 6) is 0.791. The van der Waals surface area contributed by atoms with Gasteiger partial charge in [-0.25, -0.2) is 0 Å². The molecule has 1 atom stereocenters. The fraction of sp³-hybridized carbons (Fsp3) is 0.364. The largest absolute Gasteiger partial charge is 0.311 e. The first-order valence-corrected chi connectivity index (χ1v) is 6.15. The maximum Gasteiger partial charge on any atom is 0.173 e. The molecule has 2 rings (SSSR count). The van der Waals surface area contributed by atoms with Crippen molar-refractivity contribution in [3.05, 3.63) is 34.1 Å². The minimum Gasteiger partial charge on any atom is -0.311 e. The van der Waals surface area contributed by atoms with E-state index in [1.54, 1.807) is 4.68 Å². The van der Waals surface area contributed by atoms with Crippen LogP contribution in [0.4, 0.5) is 0 Å². The average molecular weight is 296 g/mol. The Hall–Kier alpha value is -1.27. The molecule has 0 saturated carbocycles. The van der Waals surface area contributed by atoms with Gasteiger partial charge in [-0.05, 0) is 64.9 Å². The summed E-state index contributed by atoms with van der Waals surface area (Å²) in [6.45, 7) is 4.06. The molecule has 2 aromatic rings. The molecule has 17 heavy (non-hydrogen) atoms. The van der Waals surface area contributed by atoms with Crippen LogP contribution in [0, 0.1) is 6.92 Å². The minimum absolute atomic E-state index is 0.0948. The molecule has 5 nitrogen and oxygen atoms in total. The number of nitrogens with zero attached hydrogens (tertiary/aromatic N) is 4. The van der Waals surface area contributed by atoms with Crippen molar-refractivity contribution in [2.45, 2.75) is 19.9 Å². The van der Waals surface area contributed by atoms with E-state index >= 15 is 0 Å². The van der Waals surface area contributed by atoms with Gasteiger partial charge in [-0.2, -0.15) is 4.68 Å². The summed E-state index contributed by atoms with van der Waals surface area (Å²) >= 11 is 3.52. The van der Waals surface area contributed by atoms with Crippen LogP contribution in [-0.2, 0) is 0 Å². The van der Waals surface area contributed by atoms with Gasteiger partial charge in [-0.1, -0.05) is 6.07 Å². The van der Waals surface area contributed by atoms with Gasteiger partial charge in [-0.3, -0.25) is 0 Å². The van der Waals surface area contributed by atoms with Crippen molar-refractivity contribution in [2.24, 2.45) is 0 Å². The van der Waals surface area contributed by atoms with Crippen LogP contribution < -0.4 is 5.32 Å². The zero-order valence-electron chi connectivity index (χ0n) is 9.98. The third kappa shape index (κ3) is 2.37. The maximum absolute atomic E-state index is 4.05. The number of hydrogen-bond acceptors (Lipinski definition) is 4. The van der Waals surface area contributed by atoms with E-state index in [2.05, 4.69) is 36.8 Å². The first kappa shape index (κ1) is 12.2. The molecule has 6 heteroatoms. The number of halogens is 1. The fourth-order valence-electron chi connectivity index (χ4n) is 1.55. The normalized spacial score (nSPS) is 12.7. The number of nitrogens with one attached hydrogen (secondary N) is 1. The third-order valence-electron chi connectivity index (χ3n) is 2.64. The van der Waals surface area contributed by atoms with Crippen LogP contribution in [0.1, 0.15) is 24.4 Å². The molecule has 1 heterocycles. The van der Waals surface area contributed by atoms with Crippen molar-refractivity contribution >= 4 is 15.9 Å². The van der Waals surface area contributed by atoms with Crippen LogP contribution in [0.2, 0.25) is 0 Å². The highest BCUT2D eigenvalue weighted by molar-refractivity contribution is 9.10. The number of aryl methyl sites for hydroxylation is 1. The van der Waals surface area contributed by atoms with Crippen molar-refractivity contribution in [3.8, 4) is 5.69 Å². The van der Waals surface area contributed by atoms with E-state index in [9.17, 15) is 0 Å². The predicted octanol–water partition coefficient (Wildman–Crippen LogP) is 2.01. The smallest absolute Gasteiger partial charge is 0.173 e. The highest BCUT2D eigenvalue weighted by Gasteiger charge is 2.15. The number of aromatic nitrogens is 4. The van der Waals surface area contributed by atoms with E-state index in [-0.39, 0.29) is 6.04 Å². The van der Waals surface area contributed by atoms with Crippen LogP contribution in [0.5, 0.6) is 0 Å². The number of hydrogen-bond donors (Lipinski definition) is 1. The molecule has 0 bridgehead atoms. The molecular weight excluding hydrogens is 282 g/mol. The molecule has 1 unspecified atom stereocenters. The van der Waals surface area contributed by atoms with Crippen LogP contribution >= 0.6 is 15.9 Å². The van der Waals surface area contributed by atoms with E-state index in [4.69, 9.17) is 0 Å². The van der Waals surface area contributed by atoms with E-state index in [1.165, 1.54) is 5.56 Å². The van der Waals surface area contributed by atoms with Gasteiger partial charge in [0, 0.05) is 4.47 Å². The lowest BCUT2D eigenvalue weighted by Gasteiger charge is -2.11. The van der Waals surface area contributed by atoms with Crippen LogP contribution in [0.25, 0.3) is 5.69 Å². The van der Waals surface area contributed by atoms with E-state index in [0.717, 1.165) is 16.0 Å². The highest BCUT2D eigenvalue weighted by Crippen LogP contribution is 2.23. The third-order valence-corrected chi connectivity index (χ3v) is 3.31. The van der Waals surface area contributed by atoms with E-state index < -0.39 is 0 Å². The monoisotopic (exact) mass is 295 g/mol. The molecule has 90 valence electrons. The zero-order valence-corrected chi connectivity index (χ0v) is 11.6. The first-order valence-electron chi connectivity index (χ1n) is 5.35. The van der Waals surface area contributed by atoms with Gasteiger partial charge in [0.2, 0.25) is 0 Å². The molecule has 0 aliphatic rings. The summed E-state index contributed by atoms with van der Waals surface area (Å²) in [6, 6.07) is 6.18. The summed E-state index contributed by atoms with van der Waals surface area (Å²) in [5, 5.41) is 15.0. The number of rotatable bonds is 3. The topological polar surface area (TPSA) is 55.6 Å². The lowest BCUT2D eigenvalue weighted by Crippen LogP contribution is -2.18. The molecule has 0 fully saturated rings. The van der Waals surface area contributed by atoms with Crippen molar-refractivity contribution in [3.63, 3.8) is 0 Å². The van der Waals surface area contributed by atoms with Crippen LogP contribution in [-0.4, -0.2) is 27.3 Å². The lowest BCUT2D eigenvalue weighted by atomic mass is 10.2. The van der Waals surface area contributed by atoms with E-state index in [0.29, 0.717) is 0 Å². The molecule has 0 spiro atoms. The average Bonchev–Trinajstić information content (AvgIpc) is 2.80. The summed E-state index contributed by atoms with van der Waals surface area (Å²) in [6.07, 6.45) is 0. The van der Waals surface area contributed by atoms with E-state index in [1.807, 2.05) is 39.1 Å². The van der Waals surface area contributed by atoms with Crippen molar-refractivity contribution < 1.29 is 0 Å². The second-order valence-corrected chi connectivity index (χ2v) is 4.77. The maximum atomic E-state index is 4.05. The van der Waals surface area contributed by atoms with Crippen LogP contribution in [0.3, 0.4) is 0 Å². The van der Waals surface area contributed by atoms with Gasteiger partial charge in [0.05, 0.1) is 11.7 Å². The van der Waals surface area contributed by atoms with Gasteiger partial charge >= 0.3 is 0 Å². The molecule has 0 amide bonds. The SMILES string of the molecule is CNC(C)c1nnnn1-c1cc(C)ccc1Br. The summed E-state index contributed by atoms with van der Waals surface area (Å²) in [4.78, 5) is 0. The Morgan fingerprint density at radius 2 is 2.18 bits per heavy atom. The molecule has 0 saturated heterocycles. The molecule has 0 aliphatic heterocycles. The quantitative estimate of drug-likeness (QED) is 0.941. The van der Waals surface area contributed by atoms with Gasteiger partial charge in [0.25, 0.3) is 0 Å². The summed E-state index contributed by atoms with van der Waals surface area (Å²) in [7, 11) is 1.88. The summed E-state index contributed by atoms with van der Waals surface area (Å²) in [5.41, 5.74) is 2.12. The zero-order chi connectivity index (χ0) is 12.4. The van der Waals surface area contributed by atoms with Crippen molar-refractivity contribution in [2.75, 3.05) is 7.05 Å². The van der Waals surface area contributed by atoms with Gasteiger partial charge in [0.1, 0.15) is 0 Å². The van der Waals surface area contributed by atoms with Gasteiger partial charge in [-0.15, -0.1) is 5.10 Å². The summed E-state index contributed by atoms with van der Waals surface area (Å²) < 4.78 is 2.72. The lowest BCUT2D eigenvalue weighted by molar-refractivity contribution is 0.588. The molecule has 1 N–H and O–H groups in total. The first-order chi connectivity index (χ1) is 8.13. The highest BCUT2D eigenvalue weighted by atomic mass is 79.9. The molecule has 1 aromatic heterocycles. The standard InChI is InChI=1S/C11H14BrN5/c1-7-4-5-9(12)10(6-7)17-11(8(2)13-3)14-15-16-17/h4-6,8,13H,1-3H3. The van der Waals surface area contributed by atoms with Crippen molar-refractivity contribution in [1.29, 1.82) is 0 Å². The number of benzene rings is 1. The Morgan fingerprint density at radius 3 is 2.88 bits per heavy atom. The fourth-order valence-corrected chi connectivity index (χ4v) is 1.96. The van der Waals surface area contributed by atoms with Crippen LogP contribution in [0.15, 0.2) is 22.7 Å².